The summed E-state index contributed by atoms with van der Waals surface area (Å²) in [6, 6.07) is 8.35. The number of ether oxygens (including phenoxy) is 1. The number of benzene rings is 1. The van der Waals surface area contributed by atoms with Crippen LogP contribution in [0.15, 0.2) is 36.5 Å². The first-order valence-electron chi connectivity index (χ1n) is 5.51. The minimum absolute atomic E-state index is 0.149. The highest BCUT2D eigenvalue weighted by Gasteiger charge is 2.06. The number of nitrogens with two attached hydrogens (primary N) is 1. The van der Waals surface area contributed by atoms with Crippen molar-refractivity contribution >= 4 is 23.2 Å². The molecular weight excluding hydrogens is 266 g/mol. The predicted octanol–water partition coefficient (Wildman–Crippen LogP) is 2.67. The summed E-state index contributed by atoms with van der Waals surface area (Å²) < 4.78 is 5.59. The molecule has 0 fully saturated rings. The highest BCUT2D eigenvalue weighted by molar-refractivity contribution is 6.33. The van der Waals surface area contributed by atoms with E-state index in [9.17, 15) is 4.79 Å². The van der Waals surface area contributed by atoms with Gasteiger partial charge >= 0.3 is 0 Å². The largest absolute Gasteiger partial charge is 0.457 e. The lowest BCUT2D eigenvalue weighted by atomic mass is 10.3. The summed E-state index contributed by atoms with van der Waals surface area (Å²) in [5.41, 5.74) is 6.11. The van der Waals surface area contributed by atoms with Crippen molar-refractivity contribution in [3.63, 3.8) is 0 Å². The van der Waals surface area contributed by atoms with E-state index in [4.69, 9.17) is 22.1 Å². The summed E-state index contributed by atoms with van der Waals surface area (Å²) in [4.78, 5) is 14.9. The topological polar surface area (TPSA) is 77.2 Å². The van der Waals surface area contributed by atoms with Crippen LogP contribution in [-0.4, -0.2) is 17.9 Å². The third kappa shape index (κ3) is 3.14. The van der Waals surface area contributed by atoms with Gasteiger partial charge in [-0.05, 0) is 18.2 Å². The van der Waals surface area contributed by atoms with Gasteiger partial charge in [0.25, 0.3) is 5.91 Å². The maximum atomic E-state index is 11.0. The van der Waals surface area contributed by atoms with Crippen LogP contribution in [0.25, 0.3) is 0 Å². The van der Waals surface area contributed by atoms with Crippen LogP contribution in [0.4, 0.5) is 5.69 Å². The molecule has 98 valence electrons. The molecule has 1 amide bonds. The van der Waals surface area contributed by atoms with Gasteiger partial charge < -0.3 is 15.8 Å². The monoisotopic (exact) mass is 277 g/mol. The van der Waals surface area contributed by atoms with Gasteiger partial charge in [-0.3, -0.25) is 9.78 Å². The molecular formula is C13H12ClN3O2. The summed E-state index contributed by atoms with van der Waals surface area (Å²) in [5, 5.41) is 3.50. The fraction of sp³-hybridized carbons (Fsp3) is 0.0769. The average Bonchev–Trinajstić information content (AvgIpc) is 2.39. The van der Waals surface area contributed by atoms with E-state index >= 15 is 0 Å². The van der Waals surface area contributed by atoms with Crippen molar-refractivity contribution in [2.75, 3.05) is 12.4 Å². The van der Waals surface area contributed by atoms with Gasteiger partial charge in [0.15, 0.2) is 0 Å². The minimum atomic E-state index is -0.603. The average molecular weight is 278 g/mol. The number of nitrogens with one attached hydrogen (secondary N) is 1. The molecule has 19 heavy (non-hydrogen) atoms. The Balaban J connectivity index is 2.23. The molecule has 2 rings (SSSR count). The van der Waals surface area contributed by atoms with Gasteiger partial charge in [0.05, 0.1) is 10.7 Å². The summed E-state index contributed by atoms with van der Waals surface area (Å²) in [5.74, 6) is 0.428. The van der Waals surface area contributed by atoms with Crippen molar-refractivity contribution < 1.29 is 9.53 Å². The number of hydrogen-bond donors (Lipinski definition) is 2. The second-order valence-corrected chi connectivity index (χ2v) is 4.14. The third-order valence-electron chi connectivity index (χ3n) is 2.43. The van der Waals surface area contributed by atoms with Gasteiger partial charge in [-0.15, -0.1) is 0 Å². The Morgan fingerprint density at radius 3 is 2.68 bits per heavy atom. The zero-order valence-corrected chi connectivity index (χ0v) is 10.9. The molecule has 1 aromatic heterocycles. The normalized spacial score (nSPS) is 10.0. The van der Waals surface area contributed by atoms with Gasteiger partial charge in [0.2, 0.25) is 0 Å². The van der Waals surface area contributed by atoms with E-state index in [1.54, 1.807) is 31.3 Å². The Kier molecular flexibility index (Phi) is 3.87. The number of amides is 1. The number of carbonyl (C=O) groups is 1. The van der Waals surface area contributed by atoms with Gasteiger partial charge in [0, 0.05) is 25.4 Å². The molecule has 3 N–H and O–H groups in total. The van der Waals surface area contributed by atoms with Crippen LogP contribution < -0.4 is 15.8 Å². The van der Waals surface area contributed by atoms with Crippen LogP contribution >= 0.6 is 11.6 Å². The number of nitrogens with zero attached hydrogens (tertiary/aromatic N) is 1. The molecule has 0 atom stereocenters. The zero-order valence-electron chi connectivity index (χ0n) is 10.2. The number of anilines is 1. The van der Waals surface area contributed by atoms with E-state index in [1.807, 2.05) is 0 Å². The van der Waals surface area contributed by atoms with Gasteiger partial charge in [0.1, 0.15) is 17.2 Å². The van der Waals surface area contributed by atoms with E-state index in [0.717, 1.165) is 5.69 Å². The first kappa shape index (κ1) is 13.2. The minimum Gasteiger partial charge on any atom is -0.457 e. The quantitative estimate of drug-likeness (QED) is 0.901. The van der Waals surface area contributed by atoms with Crippen molar-refractivity contribution in [3.8, 4) is 11.5 Å². The predicted molar refractivity (Wildman–Crippen MR) is 73.8 cm³/mol. The van der Waals surface area contributed by atoms with Crippen LogP contribution in [0.2, 0.25) is 5.02 Å². The number of rotatable bonds is 4. The van der Waals surface area contributed by atoms with Crippen molar-refractivity contribution in [3.05, 3.63) is 47.2 Å². The lowest BCUT2D eigenvalue weighted by molar-refractivity contribution is 0.0995. The molecule has 0 aliphatic rings. The van der Waals surface area contributed by atoms with Crippen molar-refractivity contribution in [1.29, 1.82) is 0 Å². The first-order valence-corrected chi connectivity index (χ1v) is 5.89. The number of aromatic nitrogens is 1. The van der Waals surface area contributed by atoms with E-state index < -0.39 is 5.91 Å². The van der Waals surface area contributed by atoms with Crippen LogP contribution in [-0.2, 0) is 0 Å². The second kappa shape index (κ2) is 5.58. The molecule has 6 heteroatoms. The molecule has 0 bridgehead atoms. The van der Waals surface area contributed by atoms with Crippen molar-refractivity contribution in [1.82, 2.24) is 4.98 Å². The Morgan fingerprint density at radius 2 is 2.05 bits per heavy atom. The molecule has 0 aliphatic carbocycles. The Bertz CT molecular complexity index is 617. The highest BCUT2D eigenvalue weighted by Crippen LogP contribution is 2.29. The number of primary amides is 1. The molecule has 0 aliphatic heterocycles. The highest BCUT2D eigenvalue weighted by atomic mass is 35.5. The molecule has 5 nitrogen and oxygen atoms in total. The Hall–Kier alpha value is -2.27. The molecule has 0 saturated heterocycles. The lowest BCUT2D eigenvalue weighted by Crippen LogP contribution is -2.12. The molecule has 2 aromatic rings. The van der Waals surface area contributed by atoms with E-state index in [0.29, 0.717) is 16.5 Å². The van der Waals surface area contributed by atoms with Gasteiger partial charge in [-0.1, -0.05) is 11.6 Å². The third-order valence-corrected chi connectivity index (χ3v) is 2.74. The number of carbonyl (C=O) groups excluding carboxylic acids is 1. The zero-order chi connectivity index (χ0) is 13.8. The Labute approximate surface area is 115 Å². The van der Waals surface area contributed by atoms with Crippen LogP contribution in [0.5, 0.6) is 11.5 Å². The SMILES string of the molecule is CNc1ccc(Oc2ccnc(C(N)=O)c2)cc1Cl. The lowest BCUT2D eigenvalue weighted by Gasteiger charge is -2.08. The summed E-state index contributed by atoms with van der Waals surface area (Å²) in [7, 11) is 1.78. The number of hydrogen-bond acceptors (Lipinski definition) is 4. The fourth-order valence-corrected chi connectivity index (χ4v) is 1.77. The van der Waals surface area contributed by atoms with Crippen molar-refractivity contribution in [2.45, 2.75) is 0 Å². The smallest absolute Gasteiger partial charge is 0.267 e. The van der Waals surface area contributed by atoms with Crippen LogP contribution in [0.1, 0.15) is 10.5 Å². The molecule has 1 heterocycles. The van der Waals surface area contributed by atoms with E-state index in [2.05, 4.69) is 10.3 Å². The molecule has 0 unspecified atom stereocenters. The maximum absolute atomic E-state index is 11.0. The summed E-state index contributed by atoms with van der Waals surface area (Å²) in [6.07, 6.45) is 1.46. The standard InChI is InChI=1S/C13H12ClN3O2/c1-16-11-3-2-8(6-10(11)14)19-9-4-5-17-12(7-9)13(15)18/h2-7,16H,1H3,(H2,15,18). The molecule has 1 aromatic carbocycles. The molecule has 0 radical (unpaired) electrons. The molecule has 0 spiro atoms. The first-order chi connectivity index (χ1) is 9.10. The summed E-state index contributed by atoms with van der Waals surface area (Å²) >= 11 is 6.05. The van der Waals surface area contributed by atoms with Crippen LogP contribution in [0, 0.1) is 0 Å². The van der Waals surface area contributed by atoms with Crippen LogP contribution in [0.3, 0.4) is 0 Å². The van der Waals surface area contributed by atoms with Gasteiger partial charge in [-0.25, -0.2) is 0 Å². The van der Waals surface area contributed by atoms with Crippen molar-refractivity contribution in [2.24, 2.45) is 5.73 Å². The Morgan fingerprint density at radius 1 is 1.32 bits per heavy atom. The second-order valence-electron chi connectivity index (χ2n) is 3.73. The fourth-order valence-electron chi connectivity index (χ4n) is 1.51. The summed E-state index contributed by atoms with van der Waals surface area (Å²) in [6.45, 7) is 0. The molecule has 0 saturated carbocycles. The van der Waals surface area contributed by atoms with E-state index in [1.165, 1.54) is 12.3 Å². The number of pyridine rings is 1. The van der Waals surface area contributed by atoms with Gasteiger partial charge in [-0.2, -0.15) is 0 Å². The maximum Gasteiger partial charge on any atom is 0.267 e. The number of halogens is 1. The van der Waals surface area contributed by atoms with E-state index in [-0.39, 0.29) is 5.69 Å².